The van der Waals surface area contributed by atoms with Crippen LogP contribution in [0.5, 0.6) is 0 Å². The molecule has 0 bridgehead atoms. The fraction of sp³-hybridized carbons (Fsp3) is 0.412. The van der Waals surface area contributed by atoms with Gasteiger partial charge in [-0.25, -0.2) is 4.98 Å². The van der Waals surface area contributed by atoms with Crippen LogP contribution in [0.15, 0.2) is 42.6 Å². The van der Waals surface area contributed by atoms with Crippen molar-refractivity contribution >= 4 is 11.8 Å². The smallest absolute Gasteiger partial charge is 0.227 e. The van der Waals surface area contributed by atoms with Crippen LogP contribution in [0.25, 0.3) is 0 Å². The summed E-state index contributed by atoms with van der Waals surface area (Å²) in [4.78, 5) is 13.5. The monoisotopic (exact) mass is 311 g/mol. The number of morpholine rings is 1. The first-order chi connectivity index (χ1) is 11.3. The van der Waals surface area contributed by atoms with Crippen LogP contribution in [0.1, 0.15) is 11.6 Å². The maximum absolute atomic E-state index is 5.88. The second-order valence-electron chi connectivity index (χ2n) is 6.08. The number of rotatable bonds is 2. The van der Waals surface area contributed by atoms with Gasteiger partial charge >= 0.3 is 0 Å². The van der Waals surface area contributed by atoms with Gasteiger partial charge in [0.05, 0.1) is 25.3 Å². The first kappa shape index (κ1) is 14.4. The van der Waals surface area contributed by atoms with E-state index in [0.717, 1.165) is 32.8 Å². The Morgan fingerprint density at radius 1 is 1.09 bits per heavy atom. The van der Waals surface area contributed by atoms with Gasteiger partial charge in [0, 0.05) is 25.8 Å². The van der Waals surface area contributed by atoms with Crippen LogP contribution < -0.4 is 10.6 Å². The Balaban J connectivity index is 1.52. The maximum atomic E-state index is 5.88. The highest BCUT2D eigenvalue weighted by atomic mass is 16.5. The molecule has 2 N–H and O–H groups in total. The molecule has 0 spiro atoms. The number of piperazine rings is 1. The number of nitrogen functional groups attached to an aromatic ring is 1. The second-order valence-corrected chi connectivity index (χ2v) is 6.08. The molecule has 3 heterocycles. The Labute approximate surface area is 135 Å². The third-order valence-corrected chi connectivity index (χ3v) is 4.65. The molecule has 2 saturated heterocycles. The summed E-state index contributed by atoms with van der Waals surface area (Å²) >= 11 is 0. The van der Waals surface area contributed by atoms with Crippen molar-refractivity contribution in [3.05, 3.63) is 48.2 Å². The van der Waals surface area contributed by atoms with Gasteiger partial charge in [0.25, 0.3) is 0 Å². The van der Waals surface area contributed by atoms with Crippen LogP contribution in [0.3, 0.4) is 0 Å². The summed E-state index contributed by atoms with van der Waals surface area (Å²) in [5, 5.41) is 0. The highest BCUT2D eigenvalue weighted by Gasteiger charge is 2.36. The molecule has 0 amide bonds. The molecule has 0 aliphatic carbocycles. The summed E-state index contributed by atoms with van der Waals surface area (Å²) in [5.41, 5.74) is 7.11. The predicted molar refractivity (Wildman–Crippen MR) is 89.2 cm³/mol. The zero-order valence-corrected chi connectivity index (χ0v) is 13.0. The van der Waals surface area contributed by atoms with Gasteiger partial charge in [0.2, 0.25) is 5.95 Å². The Morgan fingerprint density at radius 2 is 1.96 bits per heavy atom. The lowest BCUT2D eigenvalue weighted by Crippen LogP contribution is -2.59. The second kappa shape index (κ2) is 6.14. The molecular formula is C17H21N5O. The molecule has 2 aromatic rings. The number of hydrogen-bond acceptors (Lipinski definition) is 6. The Kier molecular flexibility index (Phi) is 3.85. The molecule has 2 atom stereocenters. The summed E-state index contributed by atoms with van der Waals surface area (Å²) in [5.74, 6) is 1.23. The summed E-state index contributed by atoms with van der Waals surface area (Å²) < 4.78 is 5.88. The van der Waals surface area contributed by atoms with Gasteiger partial charge in [-0.3, -0.25) is 4.90 Å². The minimum Gasteiger partial charge on any atom is -0.384 e. The van der Waals surface area contributed by atoms with E-state index in [4.69, 9.17) is 10.5 Å². The Hall–Kier alpha value is -2.18. The van der Waals surface area contributed by atoms with E-state index < -0.39 is 0 Å². The fourth-order valence-corrected chi connectivity index (χ4v) is 3.50. The van der Waals surface area contributed by atoms with Crippen molar-refractivity contribution in [2.75, 3.05) is 43.5 Å². The van der Waals surface area contributed by atoms with Crippen molar-refractivity contribution in [2.45, 2.75) is 12.1 Å². The van der Waals surface area contributed by atoms with Crippen LogP contribution in [0, 0.1) is 0 Å². The van der Waals surface area contributed by atoms with E-state index in [1.54, 1.807) is 12.3 Å². The van der Waals surface area contributed by atoms with E-state index in [1.165, 1.54) is 5.56 Å². The minimum atomic E-state index is 0.332. The molecule has 1 aromatic carbocycles. The van der Waals surface area contributed by atoms with Crippen LogP contribution in [0.4, 0.5) is 11.8 Å². The molecule has 6 heteroatoms. The standard InChI is InChI=1S/C17H21N5O/c18-16-6-7-19-17(20-16)21-8-9-22-14(10-21)11-23-12-15(22)13-4-2-1-3-5-13/h1-7,14-15H,8-12H2,(H2,18,19,20)/t14-,15-/m1/s1. The summed E-state index contributed by atoms with van der Waals surface area (Å²) in [7, 11) is 0. The normalized spacial score (nSPS) is 25.1. The Bertz CT molecular complexity index is 665. The molecule has 2 aliphatic heterocycles. The first-order valence-electron chi connectivity index (χ1n) is 8.03. The van der Waals surface area contributed by atoms with Crippen molar-refractivity contribution in [2.24, 2.45) is 0 Å². The van der Waals surface area contributed by atoms with Crippen molar-refractivity contribution in [1.82, 2.24) is 14.9 Å². The number of nitrogens with zero attached hydrogens (tertiary/aromatic N) is 4. The van der Waals surface area contributed by atoms with Crippen molar-refractivity contribution in [3.8, 4) is 0 Å². The van der Waals surface area contributed by atoms with E-state index in [-0.39, 0.29) is 0 Å². The molecule has 4 rings (SSSR count). The van der Waals surface area contributed by atoms with Crippen LogP contribution in [-0.2, 0) is 4.74 Å². The van der Waals surface area contributed by atoms with Crippen molar-refractivity contribution in [3.63, 3.8) is 0 Å². The fourth-order valence-electron chi connectivity index (χ4n) is 3.50. The van der Waals surface area contributed by atoms with Gasteiger partial charge in [-0.05, 0) is 11.6 Å². The number of benzene rings is 1. The molecule has 0 saturated carbocycles. The summed E-state index contributed by atoms with van der Waals surface area (Å²) in [6.45, 7) is 4.26. The lowest BCUT2D eigenvalue weighted by atomic mass is 10.0. The number of ether oxygens (including phenoxy) is 1. The minimum absolute atomic E-state index is 0.332. The molecule has 6 nitrogen and oxygen atoms in total. The first-order valence-corrected chi connectivity index (χ1v) is 8.03. The largest absolute Gasteiger partial charge is 0.384 e. The third kappa shape index (κ3) is 2.87. The lowest BCUT2D eigenvalue weighted by Gasteiger charge is -2.48. The summed E-state index contributed by atoms with van der Waals surface area (Å²) in [6, 6.07) is 13.0. The average molecular weight is 311 g/mol. The molecular weight excluding hydrogens is 290 g/mol. The molecule has 120 valence electrons. The van der Waals surface area contributed by atoms with E-state index in [9.17, 15) is 0 Å². The molecule has 2 aliphatic rings. The van der Waals surface area contributed by atoms with Crippen molar-refractivity contribution in [1.29, 1.82) is 0 Å². The number of nitrogens with two attached hydrogens (primary N) is 1. The average Bonchev–Trinajstić information content (AvgIpc) is 2.61. The lowest BCUT2D eigenvalue weighted by molar-refractivity contribution is -0.0548. The molecule has 0 radical (unpaired) electrons. The zero-order valence-electron chi connectivity index (χ0n) is 13.0. The number of hydrogen-bond donors (Lipinski definition) is 1. The SMILES string of the molecule is Nc1ccnc(N2CCN3[C@@H](COC[C@@H]3c3ccccc3)C2)n1. The topological polar surface area (TPSA) is 67.5 Å². The van der Waals surface area contributed by atoms with Crippen molar-refractivity contribution < 1.29 is 4.74 Å². The zero-order chi connectivity index (χ0) is 15.6. The van der Waals surface area contributed by atoms with Gasteiger partial charge in [-0.1, -0.05) is 30.3 Å². The number of aromatic nitrogens is 2. The number of anilines is 2. The molecule has 1 aromatic heterocycles. The third-order valence-electron chi connectivity index (χ3n) is 4.65. The Morgan fingerprint density at radius 3 is 2.78 bits per heavy atom. The molecule has 23 heavy (non-hydrogen) atoms. The van der Waals surface area contributed by atoms with Gasteiger partial charge in [0.15, 0.2) is 0 Å². The van der Waals surface area contributed by atoms with Crippen LogP contribution in [0.2, 0.25) is 0 Å². The predicted octanol–water partition coefficient (Wildman–Crippen LogP) is 1.32. The van der Waals surface area contributed by atoms with E-state index in [2.05, 4.69) is 50.1 Å². The quantitative estimate of drug-likeness (QED) is 0.902. The van der Waals surface area contributed by atoms with E-state index in [0.29, 0.717) is 23.8 Å². The molecule has 0 unspecified atom stereocenters. The summed E-state index contributed by atoms with van der Waals surface area (Å²) in [6.07, 6.45) is 1.72. The van der Waals surface area contributed by atoms with Gasteiger partial charge in [-0.2, -0.15) is 4.98 Å². The van der Waals surface area contributed by atoms with Crippen LogP contribution >= 0.6 is 0 Å². The highest BCUT2D eigenvalue weighted by molar-refractivity contribution is 5.38. The maximum Gasteiger partial charge on any atom is 0.227 e. The molecule has 2 fully saturated rings. The number of fused-ring (bicyclic) bond motifs is 1. The van der Waals surface area contributed by atoms with E-state index >= 15 is 0 Å². The van der Waals surface area contributed by atoms with Gasteiger partial charge in [0.1, 0.15) is 5.82 Å². The van der Waals surface area contributed by atoms with E-state index in [1.807, 2.05) is 0 Å². The van der Waals surface area contributed by atoms with Gasteiger partial charge in [-0.15, -0.1) is 0 Å². The highest BCUT2D eigenvalue weighted by Crippen LogP contribution is 2.30. The van der Waals surface area contributed by atoms with Gasteiger partial charge < -0.3 is 15.4 Å². The van der Waals surface area contributed by atoms with Crippen LogP contribution in [-0.4, -0.2) is 53.8 Å².